The summed E-state index contributed by atoms with van der Waals surface area (Å²) in [4.78, 5) is 34.1. The first-order valence-corrected chi connectivity index (χ1v) is 29.8. The number of rotatable bonds is 27. The maximum Gasteiger partial charge on any atom is 0.360 e. The molecule has 13 nitrogen and oxygen atoms in total. The SMILES string of the molecule is C/C=C/[C@H](O[Si](C)(C)C(C)(C)C)C(C)(C)[C@H](C\C=C/C=C\C=C\[C@@H](Cc1nc(C(=O)OC)co1)OC)OC(=O)c1coc(/C=C\C=C\[C@@H]2O[C@@H]2/C=C\C[C@H](O[Si](C)(C)C)C(C)(C)[C@@H](O)/C=C/C)n1. The first-order valence-electron chi connectivity index (χ1n) is 23.5. The van der Waals surface area contributed by atoms with E-state index in [2.05, 4.69) is 89.5 Å². The summed E-state index contributed by atoms with van der Waals surface area (Å²) in [5, 5.41) is 10.8. The smallest absolute Gasteiger partial charge is 0.360 e. The van der Waals surface area contributed by atoms with Crippen LogP contribution < -0.4 is 0 Å². The molecule has 1 saturated heterocycles. The highest BCUT2D eigenvalue weighted by Crippen LogP contribution is 2.42. The standard InChI is InChI=1S/C53H80N2O11Si2/c1-17-27-43(56)52(6,7)46(65-67(12,13)14)33-26-31-42-41(63-42)30-24-25-34-47-54-40(37-61-47)50(58)64-44(53(8,9)45(28-18-2)66-68(15,16)51(3,4)5)32-23-21-19-20-22-29-38(59-10)35-48-55-39(36-62-48)49(57)60-11/h17-31,34,36-38,41-46,56H,32-33,35H2,1-16H3/b20-19-,23-21-,27-17+,28-18+,29-22+,30-24+,31-26-,34-25-/t38-,41-,42+,43-,44-,45-,46-/m0/s1. The zero-order valence-electron chi connectivity index (χ0n) is 43.5. The van der Waals surface area contributed by atoms with Gasteiger partial charge in [0.05, 0.1) is 37.9 Å². The van der Waals surface area contributed by atoms with E-state index >= 15 is 0 Å². The number of methoxy groups -OCH3 is 2. The highest BCUT2D eigenvalue weighted by Gasteiger charge is 2.46. The highest BCUT2D eigenvalue weighted by atomic mass is 28.4. The lowest BCUT2D eigenvalue weighted by molar-refractivity contribution is -0.0420. The van der Waals surface area contributed by atoms with Crippen molar-refractivity contribution in [2.24, 2.45) is 10.8 Å². The Hall–Kier alpha value is -4.49. The topological polar surface area (TPSA) is 165 Å². The molecule has 2 aromatic heterocycles. The van der Waals surface area contributed by atoms with Gasteiger partial charge in [-0.1, -0.05) is 140 Å². The van der Waals surface area contributed by atoms with Crippen LogP contribution in [0.2, 0.25) is 37.8 Å². The summed E-state index contributed by atoms with van der Waals surface area (Å²) in [5.41, 5.74) is -0.965. The van der Waals surface area contributed by atoms with Gasteiger partial charge in [0.2, 0.25) is 5.89 Å². The van der Waals surface area contributed by atoms with Crippen molar-refractivity contribution in [2.75, 3.05) is 14.2 Å². The maximum absolute atomic E-state index is 13.8. The van der Waals surface area contributed by atoms with Gasteiger partial charge in [0, 0.05) is 30.4 Å². The minimum absolute atomic E-state index is 0.0398. The van der Waals surface area contributed by atoms with Gasteiger partial charge in [-0.3, -0.25) is 0 Å². The Bertz CT molecular complexity index is 2140. The number of ether oxygens (including phenoxy) is 4. The zero-order valence-corrected chi connectivity index (χ0v) is 45.5. The fourth-order valence-electron chi connectivity index (χ4n) is 6.69. The summed E-state index contributed by atoms with van der Waals surface area (Å²) in [6.45, 7) is 29.6. The largest absolute Gasteiger partial charge is 0.464 e. The van der Waals surface area contributed by atoms with Crippen LogP contribution in [0.5, 0.6) is 0 Å². The van der Waals surface area contributed by atoms with Crippen molar-refractivity contribution in [3.8, 4) is 0 Å². The molecule has 3 heterocycles. The molecule has 1 N–H and O–H groups in total. The average molecular weight is 977 g/mol. The lowest BCUT2D eigenvalue weighted by Crippen LogP contribution is -2.51. The third-order valence-electron chi connectivity index (χ3n) is 12.3. The van der Waals surface area contributed by atoms with E-state index in [0.29, 0.717) is 25.2 Å². The zero-order chi connectivity index (χ0) is 50.9. The number of epoxide rings is 1. The Balaban J connectivity index is 1.70. The van der Waals surface area contributed by atoms with E-state index in [0.717, 1.165) is 0 Å². The van der Waals surface area contributed by atoms with Crippen LogP contribution in [0.25, 0.3) is 6.08 Å². The summed E-state index contributed by atoms with van der Waals surface area (Å²) < 4.78 is 47.0. The van der Waals surface area contributed by atoms with Crippen molar-refractivity contribution >= 4 is 34.6 Å². The molecule has 0 unspecified atom stereocenters. The van der Waals surface area contributed by atoms with Crippen LogP contribution in [0.15, 0.2) is 113 Å². The first-order chi connectivity index (χ1) is 31.8. The fourth-order valence-corrected chi connectivity index (χ4v) is 9.31. The number of oxazole rings is 2. The van der Waals surface area contributed by atoms with Crippen molar-refractivity contribution in [1.29, 1.82) is 0 Å². The normalized spacial score (nSPS) is 19.2. The van der Waals surface area contributed by atoms with E-state index in [1.807, 2.05) is 101 Å². The van der Waals surface area contributed by atoms with Crippen LogP contribution in [-0.4, -0.2) is 101 Å². The van der Waals surface area contributed by atoms with Crippen molar-refractivity contribution in [1.82, 2.24) is 9.97 Å². The second-order valence-electron chi connectivity index (χ2n) is 20.6. The number of hydrogen-bond donors (Lipinski definition) is 1. The molecule has 376 valence electrons. The van der Waals surface area contributed by atoms with E-state index in [4.69, 9.17) is 36.6 Å². The van der Waals surface area contributed by atoms with Gasteiger partial charge in [-0.05, 0) is 58.0 Å². The van der Waals surface area contributed by atoms with Gasteiger partial charge in [-0.25, -0.2) is 19.6 Å². The Labute approximate surface area is 408 Å². The molecule has 68 heavy (non-hydrogen) atoms. The number of esters is 2. The molecule has 1 fully saturated rings. The number of nitrogens with zero attached hydrogens (tertiary/aromatic N) is 2. The minimum Gasteiger partial charge on any atom is -0.464 e. The van der Waals surface area contributed by atoms with E-state index in [1.54, 1.807) is 19.3 Å². The number of carbonyl (C=O) groups is 2. The van der Waals surface area contributed by atoms with Crippen LogP contribution >= 0.6 is 0 Å². The Kier molecular flexibility index (Phi) is 22.1. The number of aliphatic hydroxyl groups is 1. The van der Waals surface area contributed by atoms with Crippen molar-refractivity contribution in [2.45, 2.75) is 162 Å². The van der Waals surface area contributed by atoms with Crippen molar-refractivity contribution in [3.63, 3.8) is 0 Å². The van der Waals surface area contributed by atoms with Crippen LogP contribution in [-0.2, 0) is 34.2 Å². The summed E-state index contributed by atoms with van der Waals surface area (Å²) >= 11 is 0. The summed E-state index contributed by atoms with van der Waals surface area (Å²) in [7, 11) is -1.24. The molecule has 7 atom stereocenters. The molecule has 0 bridgehead atoms. The maximum atomic E-state index is 13.8. The minimum atomic E-state index is -2.25. The molecule has 15 heteroatoms. The molecular formula is C53H80N2O11Si2. The van der Waals surface area contributed by atoms with E-state index < -0.39 is 51.6 Å². The van der Waals surface area contributed by atoms with Gasteiger partial charge >= 0.3 is 11.9 Å². The fraction of sp³-hybridized carbons (Fsp3) is 0.547. The number of allylic oxidation sites excluding steroid dienone is 8. The predicted octanol–water partition coefficient (Wildman–Crippen LogP) is 11.8. The molecule has 1 aliphatic heterocycles. The highest BCUT2D eigenvalue weighted by molar-refractivity contribution is 6.74. The van der Waals surface area contributed by atoms with Crippen LogP contribution in [0.3, 0.4) is 0 Å². The molecule has 0 spiro atoms. The van der Waals surface area contributed by atoms with Crippen LogP contribution in [0.1, 0.15) is 108 Å². The number of carbonyl (C=O) groups excluding carboxylic acids is 2. The molecule has 0 amide bonds. The van der Waals surface area contributed by atoms with Gasteiger partial charge in [-0.15, -0.1) is 0 Å². The lowest BCUT2D eigenvalue weighted by atomic mass is 9.79. The molecular weight excluding hydrogens is 897 g/mol. The second-order valence-corrected chi connectivity index (χ2v) is 29.8. The van der Waals surface area contributed by atoms with Gasteiger partial charge < -0.3 is 41.7 Å². The molecule has 3 rings (SSSR count). The number of hydrogen-bond acceptors (Lipinski definition) is 13. The quantitative estimate of drug-likeness (QED) is 0.0296. The average Bonchev–Trinajstić information content (AvgIpc) is 3.56. The van der Waals surface area contributed by atoms with E-state index in [9.17, 15) is 14.7 Å². The van der Waals surface area contributed by atoms with Gasteiger partial charge in [0.25, 0.3) is 0 Å². The van der Waals surface area contributed by atoms with Gasteiger partial charge in [0.1, 0.15) is 30.8 Å². The Morgan fingerprint density at radius 2 is 1.37 bits per heavy atom. The third kappa shape index (κ3) is 18.1. The molecule has 0 saturated carbocycles. The lowest BCUT2D eigenvalue weighted by Gasteiger charge is -2.45. The third-order valence-corrected chi connectivity index (χ3v) is 17.7. The first kappa shape index (κ1) is 57.8. The van der Waals surface area contributed by atoms with E-state index in [1.165, 1.54) is 19.6 Å². The molecule has 0 aliphatic carbocycles. The Morgan fingerprint density at radius 1 is 0.735 bits per heavy atom. The van der Waals surface area contributed by atoms with Crippen molar-refractivity contribution in [3.05, 3.63) is 127 Å². The number of aromatic nitrogens is 2. The van der Waals surface area contributed by atoms with Gasteiger partial charge in [-0.2, -0.15) is 0 Å². The molecule has 2 aromatic rings. The molecule has 1 aliphatic rings. The monoisotopic (exact) mass is 977 g/mol. The van der Waals surface area contributed by atoms with Gasteiger partial charge in [0.15, 0.2) is 33.9 Å². The van der Waals surface area contributed by atoms with Crippen molar-refractivity contribution < 1.29 is 51.3 Å². The second kappa shape index (κ2) is 25.9. The summed E-state index contributed by atoms with van der Waals surface area (Å²) in [5.74, 6) is -0.557. The molecule has 0 aromatic carbocycles. The predicted molar refractivity (Wildman–Crippen MR) is 274 cm³/mol. The molecule has 0 radical (unpaired) electrons. The van der Waals surface area contributed by atoms with Crippen LogP contribution in [0, 0.1) is 10.8 Å². The Morgan fingerprint density at radius 3 is 2.00 bits per heavy atom. The van der Waals surface area contributed by atoms with Crippen LogP contribution in [0.4, 0.5) is 0 Å². The van der Waals surface area contributed by atoms with E-state index in [-0.39, 0.29) is 52.8 Å². The summed E-state index contributed by atoms with van der Waals surface area (Å²) in [6.07, 6.45) is 32.3. The summed E-state index contributed by atoms with van der Waals surface area (Å²) in [6, 6.07) is 0. The number of aliphatic hydroxyl groups excluding tert-OH is 1.